The number of morpholine rings is 1. The molecule has 0 radical (unpaired) electrons. The molecule has 2 heterocycles. The minimum Gasteiger partial charge on any atom is -0.375 e. The van der Waals surface area contributed by atoms with Crippen molar-refractivity contribution in [1.82, 2.24) is 15.1 Å². The molecule has 0 aromatic heterocycles. The first-order valence-corrected chi connectivity index (χ1v) is 7.59. The largest absolute Gasteiger partial charge is 0.375 e. The van der Waals surface area contributed by atoms with Crippen LogP contribution in [0.2, 0.25) is 0 Å². The first kappa shape index (κ1) is 14.6. The van der Waals surface area contributed by atoms with Gasteiger partial charge in [0, 0.05) is 25.7 Å². The molecule has 110 valence electrons. The first-order valence-electron chi connectivity index (χ1n) is 7.59. The Balaban J connectivity index is 1.75. The second-order valence-electron chi connectivity index (χ2n) is 5.59. The van der Waals surface area contributed by atoms with Crippen LogP contribution in [0.25, 0.3) is 0 Å². The lowest BCUT2D eigenvalue weighted by Crippen LogP contribution is -2.52. The molecule has 0 aromatic rings. The zero-order chi connectivity index (χ0) is 13.7. The van der Waals surface area contributed by atoms with Crippen LogP contribution in [0.4, 0.5) is 4.79 Å². The highest BCUT2D eigenvalue weighted by atomic mass is 16.5. The van der Waals surface area contributed by atoms with E-state index in [1.807, 2.05) is 11.8 Å². The van der Waals surface area contributed by atoms with E-state index in [9.17, 15) is 4.79 Å². The van der Waals surface area contributed by atoms with Crippen LogP contribution in [0.1, 0.15) is 33.1 Å². The zero-order valence-electron chi connectivity index (χ0n) is 12.2. The Morgan fingerprint density at radius 2 is 2.21 bits per heavy atom. The summed E-state index contributed by atoms with van der Waals surface area (Å²) in [6.07, 6.45) is 3.93. The predicted molar refractivity (Wildman–Crippen MR) is 75.3 cm³/mol. The highest BCUT2D eigenvalue weighted by Gasteiger charge is 2.24. The molecule has 2 amide bonds. The number of likely N-dealkylation sites (tertiary alicyclic amines) is 1. The lowest BCUT2D eigenvalue weighted by molar-refractivity contribution is -0.00379. The number of likely N-dealkylation sites (N-methyl/N-ethyl adjacent to an activating group) is 1. The summed E-state index contributed by atoms with van der Waals surface area (Å²) in [5.41, 5.74) is 0. The average molecular weight is 269 g/mol. The van der Waals surface area contributed by atoms with Gasteiger partial charge in [-0.1, -0.05) is 13.3 Å². The van der Waals surface area contributed by atoms with Gasteiger partial charge in [-0.2, -0.15) is 0 Å². The van der Waals surface area contributed by atoms with Gasteiger partial charge in [-0.15, -0.1) is 0 Å². The Bertz CT molecular complexity index is 298. The number of hydrogen-bond donors (Lipinski definition) is 1. The fourth-order valence-electron chi connectivity index (χ4n) is 3.03. The van der Waals surface area contributed by atoms with Crippen molar-refractivity contribution in [3.8, 4) is 0 Å². The van der Waals surface area contributed by atoms with Gasteiger partial charge in [0.25, 0.3) is 0 Å². The minimum absolute atomic E-state index is 0.0665. The summed E-state index contributed by atoms with van der Waals surface area (Å²) in [5.74, 6) is 0. The van der Waals surface area contributed by atoms with Gasteiger partial charge in [-0.05, 0) is 32.9 Å². The van der Waals surface area contributed by atoms with Crippen LogP contribution in [0, 0.1) is 0 Å². The van der Waals surface area contributed by atoms with E-state index < -0.39 is 0 Å². The Morgan fingerprint density at radius 1 is 1.37 bits per heavy atom. The maximum Gasteiger partial charge on any atom is 0.317 e. The van der Waals surface area contributed by atoms with E-state index >= 15 is 0 Å². The third-order valence-corrected chi connectivity index (χ3v) is 4.17. The van der Waals surface area contributed by atoms with Gasteiger partial charge in [0.2, 0.25) is 0 Å². The Morgan fingerprint density at radius 3 is 2.95 bits per heavy atom. The topological polar surface area (TPSA) is 44.8 Å². The smallest absolute Gasteiger partial charge is 0.317 e. The van der Waals surface area contributed by atoms with Gasteiger partial charge in [0.1, 0.15) is 0 Å². The molecule has 0 bridgehead atoms. The van der Waals surface area contributed by atoms with Crippen LogP contribution in [-0.4, -0.2) is 67.3 Å². The van der Waals surface area contributed by atoms with Gasteiger partial charge in [-0.3, -0.25) is 4.90 Å². The fraction of sp³-hybridized carbons (Fsp3) is 0.929. The van der Waals surface area contributed by atoms with E-state index in [2.05, 4.69) is 17.1 Å². The van der Waals surface area contributed by atoms with Crippen molar-refractivity contribution in [3.05, 3.63) is 0 Å². The van der Waals surface area contributed by atoms with Crippen molar-refractivity contribution in [2.24, 2.45) is 0 Å². The fourth-order valence-corrected chi connectivity index (χ4v) is 3.03. The molecule has 2 rings (SSSR count). The van der Waals surface area contributed by atoms with Crippen molar-refractivity contribution >= 4 is 6.03 Å². The van der Waals surface area contributed by atoms with E-state index in [-0.39, 0.29) is 12.1 Å². The molecule has 0 aromatic carbocycles. The van der Waals surface area contributed by atoms with Crippen LogP contribution in [0.3, 0.4) is 0 Å². The lowest BCUT2D eigenvalue weighted by Gasteiger charge is -2.36. The van der Waals surface area contributed by atoms with Crippen molar-refractivity contribution in [1.29, 1.82) is 0 Å². The number of nitrogens with one attached hydrogen (secondary N) is 1. The van der Waals surface area contributed by atoms with E-state index in [4.69, 9.17) is 4.74 Å². The summed E-state index contributed by atoms with van der Waals surface area (Å²) < 4.78 is 5.46. The standard InChI is InChI=1S/C14H27N3O2/c1-3-16-7-5-4-6-13(16)10-15-14(18)17-8-9-19-12(2)11-17/h12-13H,3-11H2,1-2H3,(H,15,18). The van der Waals surface area contributed by atoms with E-state index in [1.54, 1.807) is 0 Å². The van der Waals surface area contributed by atoms with Gasteiger partial charge in [-0.25, -0.2) is 4.79 Å². The van der Waals surface area contributed by atoms with Crippen LogP contribution in [-0.2, 0) is 4.74 Å². The highest BCUT2D eigenvalue weighted by Crippen LogP contribution is 2.15. The summed E-state index contributed by atoms with van der Waals surface area (Å²) >= 11 is 0. The molecule has 2 unspecified atom stereocenters. The number of piperidine rings is 1. The molecule has 1 N–H and O–H groups in total. The van der Waals surface area contributed by atoms with Gasteiger partial charge in [0.15, 0.2) is 0 Å². The second kappa shape index (κ2) is 7.10. The molecule has 2 atom stereocenters. The third kappa shape index (κ3) is 4.08. The van der Waals surface area contributed by atoms with Crippen LogP contribution in [0.15, 0.2) is 0 Å². The van der Waals surface area contributed by atoms with Crippen LogP contribution >= 0.6 is 0 Å². The van der Waals surface area contributed by atoms with Crippen molar-refractivity contribution in [2.45, 2.75) is 45.3 Å². The molecule has 0 aliphatic carbocycles. The number of hydrogen-bond acceptors (Lipinski definition) is 3. The van der Waals surface area contributed by atoms with Crippen molar-refractivity contribution in [3.63, 3.8) is 0 Å². The normalized spacial score (nSPS) is 29.3. The molecule has 5 heteroatoms. The molecule has 0 saturated carbocycles. The Labute approximate surface area is 116 Å². The number of urea groups is 1. The van der Waals surface area contributed by atoms with Crippen LogP contribution < -0.4 is 5.32 Å². The van der Waals surface area contributed by atoms with Gasteiger partial charge < -0.3 is 15.0 Å². The number of ether oxygens (including phenoxy) is 1. The van der Waals surface area contributed by atoms with Gasteiger partial charge in [0.05, 0.1) is 12.7 Å². The van der Waals surface area contributed by atoms with Gasteiger partial charge >= 0.3 is 6.03 Å². The number of amides is 2. The monoisotopic (exact) mass is 269 g/mol. The number of rotatable bonds is 3. The van der Waals surface area contributed by atoms with Crippen LogP contribution in [0.5, 0.6) is 0 Å². The quantitative estimate of drug-likeness (QED) is 0.840. The molecule has 19 heavy (non-hydrogen) atoms. The molecule has 5 nitrogen and oxygen atoms in total. The highest BCUT2D eigenvalue weighted by molar-refractivity contribution is 5.74. The number of carbonyl (C=O) groups is 1. The molecule has 2 aliphatic rings. The predicted octanol–water partition coefficient (Wildman–Crippen LogP) is 1.29. The SMILES string of the molecule is CCN1CCCCC1CNC(=O)N1CCOC(C)C1. The summed E-state index contributed by atoms with van der Waals surface area (Å²) in [5, 5.41) is 3.10. The second-order valence-corrected chi connectivity index (χ2v) is 5.59. The number of nitrogens with zero attached hydrogens (tertiary/aromatic N) is 2. The summed E-state index contributed by atoms with van der Waals surface area (Å²) in [6, 6.07) is 0.581. The minimum atomic E-state index is 0.0665. The molecule has 2 aliphatic heterocycles. The number of carbonyl (C=O) groups excluding carboxylic acids is 1. The molecular formula is C14H27N3O2. The Hall–Kier alpha value is -0.810. The summed E-state index contributed by atoms with van der Waals surface area (Å²) in [6.45, 7) is 9.30. The maximum absolute atomic E-state index is 12.1. The molecular weight excluding hydrogens is 242 g/mol. The molecule has 2 fully saturated rings. The molecule has 0 spiro atoms. The van der Waals surface area contributed by atoms with E-state index in [1.165, 1.54) is 25.8 Å². The zero-order valence-corrected chi connectivity index (χ0v) is 12.2. The lowest BCUT2D eigenvalue weighted by atomic mass is 10.0. The van der Waals surface area contributed by atoms with Crippen molar-refractivity contribution < 1.29 is 9.53 Å². The van der Waals surface area contributed by atoms with E-state index in [0.29, 0.717) is 25.7 Å². The van der Waals surface area contributed by atoms with Crippen molar-refractivity contribution in [2.75, 3.05) is 39.3 Å². The average Bonchev–Trinajstić information content (AvgIpc) is 2.45. The first-order chi connectivity index (χ1) is 9.20. The molecule has 2 saturated heterocycles. The third-order valence-electron chi connectivity index (χ3n) is 4.17. The summed E-state index contributed by atoms with van der Waals surface area (Å²) in [4.78, 5) is 16.5. The Kier molecular flexibility index (Phi) is 5.45. The maximum atomic E-state index is 12.1. The van der Waals surface area contributed by atoms with E-state index in [0.717, 1.165) is 13.1 Å². The summed E-state index contributed by atoms with van der Waals surface area (Å²) in [7, 11) is 0.